The predicted octanol–water partition coefficient (Wildman–Crippen LogP) is 0.153. The van der Waals surface area contributed by atoms with E-state index in [1.54, 1.807) is 16.9 Å². The van der Waals surface area contributed by atoms with Crippen molar-refractivity contribution in [2.75, 3.05) is 0 Å². The number of hydrogen-bond acceptors (Lipinski definition) is 0. The van der Waals surface area contributed by atoms with Crippen LogP contribution in [0.2, 0.25) is 0 Å². The topological polar surface area (TPSA) is 0 Å². The number of hydrogen-bond donors (Lipinski definition) is 0. The Hall–Kier alpha value is 0.298. The van der Waals surface area contributed by atoms with Gasteiger partial charge in [-0.2, -0.15) is 0 Å². The summed E-state index contributed by atoms with van der Waals surface area (Å²) in [6.45, 7) is 5.58. The van der Waals surface area contributed by atoms with Crippen LogP contribution in [-0.4, -0.2) is 16.9 Å². The van der Waals surface area contributed by atoms with Crippen LogP contribution in [0.4, 0.5) is 0 Å². The Bertz CT molecular complexity index is 26.3. The van der Waals surface area contributed by atoms with Crippen molar-refractivity contribution in [3.63, 3.8) is 0 Å². The summed E-state index contributed by atoms with van der Waals surface area (Å²) in [5, 5.41) is 0. The van der Waals surface area contributed by atoms with E-state index in [9.17, 15) is 0 Å². The molecule has 0 rings (SSSR count). The van der Waals surface area contributed by atoms with Crippen LogP contribution in [0.3, 0.4) is 0 Å². The van der Waals surface area contributed by atoms with E-state index in [1.165, 1.54) is 4.36 Å². The SMILES string of the molecule is C=C(C)[AsH2]. The Morgan fingerprint density at radius 3 is 2.00 bits per heavy atom. The Morgan fingerprint density at radius 1 is 2.00 bits per heavy atom. The van der Waals surface area contributed by atoms with Gasteiger partial charge in [0.2, 0.25) is 0 Å². The van der Waals surface area contributed by atoms with Gasteiger partial charge in [0.25, 0.3) is 0 Å². The summed E-state index contributed by atoms with van der Waals surface area (Å²) in [6.07, 6.45) is 0. The first kappa shape index (κ1) is 4.30. The van der Waals surface area contributed by atoms with E-state index in [0.717, 1.165) is 0 Å². The molecule has 0 aromatic rings. The fourth-order valence-electron chi connectivity index (χ4n) is 0. The van der Waals surface area contributed by atoms with Gasteiger partial charge in [0.15, 0.2) is 0 Å². The van der Waals surface area contributed by atoms with Crippen LogP contribution in [0, 0.1) is 0 Å². The molecule has 0 amide bonds. The van der Waals surface area contributed by atoms with Gasteiger partial charge < -0.3 is 0 Å². The molecule has 0 aliphatic carbocycles. The molecule has 4 heavy (non-hydrogen) atoms. The third-order valence-corrected chi connectivity index (χ3v) is 0. The second-order valence-electron chi connectivity index (χ2n) is 0.846. The van der Waals surface area contributed by atoms with Crippen molar-refractivity contribution in [3.05, 3.63) is 10.9 Å². The van der Waals surface area contributed by atoms with E-state index in [1.807, 2.05) is 6.92 Å². The minimum atomic E-state index is 1.23. The van der Waals surface area contributed by atoms with Gasteiger partial charge in [0, 0.05) is 0 Å². The van der Waals surface area contributed by atoms with E-state index in [0.29, 0.717) is 0 Å². The zero-order valence-electron chi connectivity index (χ0n) is 2.78. The summed E-state index contributed by atoms with van der Waals surface area (Å²) >= 11 is 1.60. The van der Waals surface area contributed by atoms with Crippen molar-refractivity contribution in [1.82, 2.24) is 0 Å². The van der Waals surface area contributed by atoms with Gasteiger partial charge in [-0.25, -0.2) is 0 Å². The molecule has 0 saturated heterocycles. The third-order valence-electron chi connectivity index (χ3n) is 0. The first-order valence-corrected chi connectivity index (χ1v) is 2.35. The first-order valence-electron chi connectivity index (χ1n) is 1.14. The Morgan fingerprint density at radius 2 is 2.00 bits per heavy atom. The maximum absolute atomic E-state index is 3.58. The standard InChI is InChI=1S/C3H7As/c1-3(2)4/h1,4H2,2H3. The summed E-state index contributed by atoms with van der Waals surface area (Å²) in [5.41, 5.74) is 0. The molecule has 1 unspecified atom stereocenters. The molecule has 0 saturated carbocycles. The van der Waals surface area contributed by atoms with Crippen LogP contribution in [0.1, 0.15) is 6.92 Å². The molecule has 0 aliphatic heterocycles. The van der Waals surface area contributed by atoms with Crippen LogP contribution >= 0.6 is 0 Å². The molecule has 0 N–H and O–H groups in total. The molecule has 0 fully saturated rings. The Labute approximate surface area is 35.4 Å². The van der Waals surface area contributed by atoms with Crippen LogP contribution in [0.15, 0.2) is 10.9 Å². The van der Waals surface area contributed by atoms with Gasteiger partial charge >= 0.3 is 34.7 Å². The Balaban J connectivity index is 2.80. The van der Waals surface area contributed by atoms with Crippen LogP contribution in [0.25, 0.3) is 0 Å². The van der Waals surface area contributed by atoms with Gasteiger partial charge in [-0.15, -0.1) is 0 Å². The molecule has 0 heterocycles. The molecule has 1 heteroatoms. The molecular formula is C3H7As. The fourth-order valence-corrected chi connectivity index (χ4v) is 0. The molecule has 0 spiro atoms. The van der Waals surface area contributed by atoms with Crippen molar-refractivity contribution in [2.24, 2.45) is 0 Å². The fraction of sp³-hybridized carbons (Fsp3) is 0.333. The van der Waals surface area contributed by atoms with Gasteiger partial charge in [-0.1, -0.05) is 0 Å². The van der Waals surface area contributed by atoms with Gasteiger partial charge in [0.05, 0.1) is 0 Å². The monoisotopic (exact) mass is 118 g/mol. The average Bonchev–Trinajstić information content (AvgIpc) is 0.811. The molecule has 1 atom stereocenters. The van der Waals surface area contributed by atoms with Crippen molar-refractivity contribution in [1.29, 1.82) is 0 Å². The van der Waals surface area contributed by atoms with Gasteiger partial charge in [0.1, 0.15) is 0 Å². The molecule has 0 aliphatic rings. The molecule has 0 nitrogen and oxygen atoms in total. The average molecular weight is 118 g/mol. The summed E-state index contributed by atoms with van der Waals surface area (Å²) in [6, 6.07) is 0. The summed E-state index contributed by atoms with van der Waals surface area (Å²) < 4.78 is 1.23. The van der Waals surface area contributed by atoms with Crippen molar-refractivity contribution in [2.45, 2.75) is 6.92 Å². The molecule has 24 valence electrons. The zero-order chi connectivity index (χ0) is 3.58. The quantitative estimate of drug-likeness (QED) is 0.397. The van der Waals surface area contributed by atoms with Gasteiger partial charge in [-0.3, -0.25) is 0 Å². The minimum absolute atomic E-state index is 1.23. The van der Waals surface area contributed by atoms with Crippen LogP contribution in [-0.2, 0) is 0 Å². The van der Waals surface area contributed by atoms with Gasteiger partial charge in [-0.05, 0) is 0 Å². The summed E-state index contributed by atoms with van der Waals surface area (Å²) in [5.74, 6) is 0. The second kappa shape index (κ2) is 1.60. The third kappa shape index (κ3) is 43.5. The predicted molar refractivity (Wildman–Crippen MR) is 23.4 cm³/mol. The molecular weight excluding hydrogens is 111 g/mol. The van der Waals surface area contributed by atoms with E-state index in [-0.39, 0.29) is 0 Å². The second-order valence-corrected chi connectivity index (χ2v) is 2.91. The van der Waals surface area contributed by atoms with E-state index < -0.39 is 0 Å². The van der Waals surface area contributed by atoms with Crippen LogP contribution < -0.4 is 0 Å². The van der Waals surface area contributed by atoms with Crippen molar-refractivity contribution in [3.8, 4) is 0 Å². The molecule has 0 radical (unpaired) electrons. The first-order chi connectivity index (χ1) is 1.73. The zero-order valence-corrected chi connectivity index (χ0v) is 5.21. The van der Waals surface area contributed by atoms with Crippen molar-refractivity contribution >= 4 is 16.9 Å². The maximum atomic E-state index is 3.58. The Kier molecular flexibility index (Phi) is 1.72. The van der Waals surface area contributed by atoms with E-state index >= 15 is 0 Å². The van der Waals surface area contributed by atoms with Crippen molar-refractivity contribution < 1.29 is 0 Å². The normalized spacial score (nSPS) is 6.50. The molecule has 0 aromatic carbocycles. The van der Waals surface area contributed by atoms with Crippen LogP contribution in [0.5, 0.6) is 0 Å². The number of rotatable bonds is 0. The van der Waals surface area contributed by atoms with E-state index in [2.05, 4.69) is 6.58 Å². The molecule has 0 bridgehead atoms. The summed E-state index contributed by atoms with van der Waals surface area (Å²) in [7, 11) is 0. The summed E-state index contributed by atoms with van der Waals surface area (Å²) in [4.78, 5) is 0. The number of allylic oxidation sites excluding steroid dienone is 1. The van der Waals surface area contributed by atoms with E-state index in [4.69, 9.17) is 0 Å². The molecule has 0 aromatic heterocycles.